The lowest BCUT2D eigenvalue weighted by atomic mass is 9.89. The second-order valence-electron chi connectivity index (χ2n) is 10.4. The van der Waals surface area contributed by atoms with E-state index in [1.165, 1.54) is 35.3 Å². The first-order valence-electron chi connectivity index (χ1n) is 13.4. The number of nitrogens with zero attached hydrogens (tertiary/aromatic N) is 2. The van der Waals surface area contributed by atoms with Crippen LogP contribution in [0.3, 0.4) is 0 Å². The van der Waals surface area contributed by atoms with E-state index in [0.29, 0.717) is 22.8 Å². The summed E-state index contributed by atoms with van der Waals surface area (Å²) in [4.78, 5) is 30.7. The zero-order chi connectivity index (χ0) is 25.5. The summed E-state index contributed by atoms with van der Waals surface area (Å²) in [7, 11) is 0. The summed E-state index contributed by atoms with van der Waals surface area (Å²) in [5.74, 6) is -0.386. The molecule has 3 heterocycles. The van der Waals surface area contributed by atoms with Gasteiger partial charge in [0, 0.05) is 30.0 Å². The van der Waals surface area contributed by atoms with E-state index in [9.17, 15) is 14.7 Å². The zero-order valence-electron chi connectivity index (χ0n) is 21.2. The molecule has 0 bridgehead atoms. The lowest BCUT2D eigenvalue weighted by Crippen LogP contribution is -2.30. The molecule has 1 N–H and O–H groups in total. The maximum atomic E-state index is 13.4. The number of furan rings is 1. The molecule has 0 spiro atoms. The monoisotopic (exact) mass is 496 g/mol. The fraction of sp³-hybridized carbons (Fsp3) is 0.355. The van der Waals surface area contributed by atoms with Gasteiger partial charge in [-0.05, 0) is 105 Å². The van der Waals surface area contributed by atoms with Crippen LogP contribution in [0, 0.1) is 6.92 Å². The molecule has 6 heteroatoms. The lowest BCUT2D eigenvalue weighted by Gasteiger charge is -2.29. The van der Waals surface area contributed by atoms with E-state index in [0.717, 1.165) is 44.5 Å². The number of anilines is 2. The molecular weight excluding hydrogens is 464 g/mol. The van der Waals surface area contributed by atoms with Crippen LogP contribution in [0.15, 0.2) is 64.6 Å². The Morgan fingerprint density at radius 2 is 1.54 bits per heavy atom. The number of aliphatic hydroxyl groups excluding tert-OH is 1. The molecule has 1 aromatic heterocycles. The number of carbonyl (C=O) groups is 2. The molecule has 3 aromatic rings. The second kappa shape index (κ2) is 9.58. The third kappa shape index (κ3) is 4.24. The smallest absolute Gasteiger partial charge is 0.300 e. The molecule has 1 atom stereocenters. The predicted octanol–water partition coefficient (Wildman–Crippen LogP) is 6.08. The van der Waals surface area contributed by atoms with Gasteiger partial charge in [0.1, 0.15) is 23.3 Å². The van der Waals surface area contributed by atoms with Crippen LogP contribution in [0.1, 0.15) is 66.4 Å². The molecule has 1 aliphatic carbocycles. The Bertz CT molecular complexity index is 1380. The van der Waals surface area contributed by atoms with Crippen LogP contribution < -0.4 is 9.80 Å². The van der Waals surface area contributed by atoms with Gasteiger partial charge in [0.05, 0.1) is 5.57 Å². The van der Waals surface area contributed by atoms with E-state index in [1.807, 2.05) is 55.5 Å². The number of benzene rings is 2. The predicted molar refractivity (Wildman–Crippen MR) is 144 cm³/mol. The molecule has 2 fully saturated rings. The Hall–Kier alpha value is -3.80. The third-order valence-electron chi connectivity index (χ3n) is 7.95. The van der Waals surface area contributed by atoms with E-state index < -0.39 is 17.7 Å². The van der Waals surface area contributed by atoms with Crippen molar-refractivity contribution >= 4 is 28.8 Å². The van der Waals surface area contributed by atoms with Crippen molar-refractivity contribution in [1.29, 1.82) is 0 Å². The van der Waals surface area contributed by atoms with Crippen molar-refractivity contribution in [2.75, 3.05) is 22.9 Å². The SMILES string of the molecule is Cc1ccc(C2/C(=C(/O)c3ccc4c(c3)CCCC4)C(=O)C(=O)N2c2ccc(N3CCCCC3)cc2)o1. The fourth-order valence-corrected chi connectivity index (χ4v) is 5.98. The average Bonchev–Trinajstić information content (AvgIpc) is 3.48. The number of amides is 1. The number of hydrogen-bond acceptors (Lipinski definition) is 5. The standard InChI is InChI=1S/C31H32N2O4/c1-20-9-16-26(37-20)28-27(29(34)23-11-10-21-7-3-4-8-22(21)19-23)30(35)31(36)33(28)25-14-12-24(13-15-25)32-17-5-2-6-18-32/h9-16,19,28,34H,2-8,17-18H2,1H3/b29-27-. The normalized spacial score (nSPS) is 21.4. The Balaban J connectivity index is 1.42. The summed E-state index contributed by atoms with van der Waals surface area (Å²) in [5, 5.41) is 11.5. The van der Waals surface area contributed by atoms with E-state index in [-0.39, 0.29) is 11.3 Å². The number of aliphatic hydroxyl groups is 1. The van der Waals surface area contributed by atoms with Crippen molar-refractivity contribution in [2.45, 2.75) is 57.9 Å². The number of rotatable bonds is 4. The topological polar surface area (TPSA) is 74.0 Å². The summed E-state index contributed by atoms with van der Waals surface area (Å²) in [6.07, 6.45) is 7.87. The molecule has 0 saturated carbocycles. The van der Waals surface area contributed by atoms with Crippen molar-refractivity contribution in [3.8, 4) is 0 Å². The minimum atomic E-state index is -0.842. The van der Waals surface area contributed by atoms with Gasteiger partial charge in [-0.1, -0.05) is 12.1 Å². The number of carbonyl (C=O) groups excluding carboxylic acids is 2. The average molecular weight is 497 g/mol. The van der Waals surface area contributed by atoms with Gasteiger partial charge in [0.25, 0.3) is 11.7 Å². The van der Waals surface area contributed by atoms with Crippen LogP contribution in [0.5, 0.6) is 0 Å². The zero-order valence-corrected chi connectivity index (χ0v) is 21.2. The number of hydrogen-bond donors (Lipinski definition) is 1. The molecule has 2 saturated heterocycles. The summed E-state index contributed by atoms with van der Waals surface area (Å²) < 4.78 is 5.94. The van der Waals surface area contributed by atoms with E-state index >= 15 is 0 Å². The summed E-state index contributed by atoms with van der Waals surface area (Å²) in [6.45, 7) is 3.87. The van der Waals surface area contributed by atoms with Crippen molar-refractivity contribution in [3.63, 3.8) is 0 Å². The van der Waals surface area contributed by atoms with Crippen LogP contribution >= 0.6 is 0 Å². The molecule has 3 aliphatic rings. The van der Waals surface area contributed by atoms with E-state index in [2.05, 4.69) is 4.90 Å². The quantitative estimate of drug-likeness (QED) is 0.269. The summed E-state index contributed by atoms with van der Waals surface area (Å²) in [6, 6.07) is 16.4. The summed E-state index contributed by atoms with van der Waals surface area (Å²) >= 11 is 0. The van der Waals surface area contributed by atoms with Gasteiger partial charge in [-0.3, -0.25) is 14.5 Å². The number of Topliss-reactive ketones (excluding diaryl/α,β-unsaturated/α-hetero) is 1. The van der Waals surface area contributed by atoms with Gasteiger partial charge in [-0.2, -0.15) is 0 Å². The minimum Gasteiger partial charge on any atom is -0.507 e. The van der Waals surface area contributed by atoms with Crippen LogP contribution in [0.4, 0.5) is 11.4 Å². The molecule has 1 amide bonds. The minimum absolute atomic E-state index is 0.0650. The fourth-order valence-electron chi connectivity index (χ4n) is 5.98. The van der Waals surface area contributed by atoms with E-state index in [1.54, 1.807) is 6.07 Å². The highest BCUT2D eigenvalue weighted by atomic mass is 16.3. The van der Waals surface area contributed by atoms with Gasteiger partial charge in [-0.25, -0.2) is 0 Å². The maximum Gasteiger partial charge on any atom is 0.300 e. The van der Waals surface area contributed by atoms with Crippen molar-refractivity contribution < 1.29 is 19.1 Å². The van der Waals surface area contributed by atoms with Crippen LogP contribution in [0.2, 0.25) is 0 Å². The molecular formula is C31H32N2O4. The van der Waals surface area contributed by atoms with Gasteiger partial charge in [-0.15, -0.1) is 0 Å². The molecule has 2 aliphatic heterocycles. The molecule has 0 radical (unpaired) electrons. The Morgan fingerprint density at radius 3 is 2.24 bits per heavy atom. The third-order valence-corrected chi connectivity index (χ3v) is 7.95. The van der Waals surface area contributed by atoms with Gasteiger partial charge in [0.2, 0.25) is 0 Å². The van der Waals surface area contributed by atoms with Crippen molar-refractivity contribution in [2.24, 2.45) is 0 Å². The van der Waals surface area contributed by atoms with Crippen LogP contribution in [-0.2, 0) is 22.4 Å². The van der Waals surface area contributed by atoms with Gasteiger partial charge < -0.3 is 14.4 Å². The van der Waals surface area contributed by atoms with Gasteiger partial charge >= 0.3 is 0 Å². The lowest BCUT2D eigenvalue weighted by molar-refractivity contribution is -0.132. The largest absolute Gasteiger partial charge is 0.507 e. The first-order chi connectivity index (χ1) is 18.0. The van der Waals surface area contributed by atoms with Crippen LogP contribution in [-0.4, -0.2) is 29.9 Å². The molecule has 37 heavy (non-hydrogen) atoms. The Kier molecular flexibility index (Phi) is 6.11. The number of ketones is 1. The van der Waals surface area contributed by atoms with Crippen molar-refractivity contribution in [1.82, 2.24) is 0 Å². The first kappa shape index (κ1) is 23.6. The Labute approximate surface area is 217 Å². The number of fused-ring (bicyclic) bond motifs is 1. The number of aryl methyl sites for hydroxylation is 3. The summed E-state index contributed by atoms with van der Waals surface area (Å²) in [5.41, 5.74) is 4.83. The maximum absolute atomic E-state index is 13.4. The molecule has 1 unspecified atom stereocenters. The molecule has 2 aromatic carbocycles. The molecule has 6 rings (SSSR count). The van der Waals surface area contributed by atoms with Crippen LogP contribution in [0.25, 0.3) is 5.76 Å². The second-order valence-corrected chi connectivity index (χ2v) is 10.4. The Morgan fingerprint density at radius 1 is 0.838 bits per heavy atom. The highest BCUT2D eigenvalue weighted by molar-refractivity contribution is 6.51. The van der Waals surface area contributed by atoms with E-state index in [4.69, 9.17) is 4.42 Å². The highest BCUT2D eigenvalue weighted by Gasteiger charge is 2.48. The highest BCUT2D eigenvalue weighted by Crippen LogP contribution is 2.43. The first-order valence-corrected chi connectivity index (χ1v) is 13.4. The number of piperidine rings is 1. The molecule has 6 nitrogen and oxygen atoms in total. The molecule has 190 valence electrons. The van der Waals surface area contributed by atoms with Crippen molar-refractivity contribution in [3.05, 3.63) is 88.4 Å². The van der Waals surface area contributed by atoms with Gasteiger partial charge in [0.15, 0.2) is 0 Å².